The second-order valence-corrected chi connectivity index (χ2v) is 21.1. The molecule has 6 aromatic rings. The Hall–Kier alpha value is -5.85. The first kappa shape index (κ1) is 45.0. The van der Waals surface area contributed by atoms with Gasteiger partial charge in [0.15, 0.2) is 5.75 Å². The molecule has 67 heavy (non-hydrogen) atoms. The number of ether oxygens (including phenoxy) is 2. The van der Waals surface area contributed by atoms with E-state index in [9.17, 15) is 23.3 Å². The van der Waals surface area contributed by atoms with Crippen molar-refractivity contribution in [2.24, 2.45) is 5.41 Å². The number of allylic oxidation sites excluding steroid dienone is 1. The highest BCUT2D eigenvalue weighted by atomic mass is 35.5. The van der Waals surface area contributed by atoms with Crippen LogP contribution in [0.2, 0.25) is 5.02 Å². The number of halogens is 1. The molecule has 3 aromatic heterocycles. The van der Waals surface area contributed by atoms with E-state index in [0.29, 0.717) is 54.6 Å². The van der Waals surface area contributed by atoms with Crippen LogP contribution in [0.25, 0.3) is 33.3 Å². The van der Waals surface area contributed by atoms with Crippen LogP contribution in [-0.2, 0) is 14.8 Å². The van der Waals surface area contributed by atoms with Gasteiger partial charge in [-0.1, -0.05) is 43.2 Å². The molecule has 3 fully saturated rings. The maximum Gasteiger partial charge on any atom is 0.312 e. The van der Waals surface area contributed by atoms with E-state index in [1.165, 1.54) is 28.8 Å². The third-order valence-corrected chi connectivity index (χ3v) is 15.5. The number of hydrogen-bond donors (Lipinski definition) is 2. The molecule has 0 spiro atoms. The summed E-state index contributed by atoms with van der Waals surface area (Å²) in [4.78, 5) is 40.4. The molecule has 18 heteroatoms. The van der Waals surface area contributed by atoms with Crippen LogP contribution < -0.4 is 14.4 Å². The Balaban J connectivity index is 0.894. The normalized spacial score (nSPS) is 19.9. The molecule has 0 bridgehead atoms. The minimum absolute atomic E-state index is 0.0266. The molecule has 350 valence electrons. The van der Waals surface area contributed by atoms with E-state index in [-0.39, 0.29) is 22.8 Å². The Morgan fingerprint density at radius 1 is 1.00 bits per heavy atom. The zero-order valence-corrected chi connectivity index (χ0v) is 39.2. The molecule has 1 unspecified atom stereocenters. The number of aromatic nitrogens is 4. The lowest BCUT2D eigenvalue weighted by molar-refractivity contribution is -0.386. The average molecular weight is 949 g/mol. The van der Waals surface area contributed by atoms with E-state index < -0.39 is 31.4 Å². The number of carbonyl (C=O) groups excluding carboxylic acids is 1. The van der Waals surface area contributed by atoms with E-state index in [4.69, 9.17) is 26.1 Å². The van der Waals surface area contributed by atoms with Gasteiger partial charge < -0.3 is 19.4 Å². The molecule has 1 amide bonds. The first-order valence-corrected chi connectivity index (χ1v) is 24.9. The van der Waals surface area contributed by atoms with Crippen LogP contribution in [0.1, 0.15) is 68.3 Å². The number of sulfonamides is 1. The number of nitro groups is 1. The summed E-state index contributed by atoms with van der Waals surface area (Å²) in [5.74, 6) is -0.949. The predicted octanol–water partition coefficient (Wildman–Crippen LogP) is 8.00. The smallest absolute Gasteiger partial charge is 0.312 e. The Morgan fingerprint density at radius 3 is 2.57 bits per heavy atom. The van der Waals surface area contributed by atoms with Crippen molar-refractivity contribution < 1.29 is 27.6 Å². The van der Waals surface area contributed by atoms with Crippen LogP contribution in [0.4, 0.5) is 11.4 Å². The minimum Gasteiger partial charge on any atom is -0.482 e. The highest BCUT2D eigenvalue weighted by molar-refractivity contribution is 7.90. The van der Waals surface area contributed by atoms with Gasteiger partial charge in [-0.05, 0) is 110 Å². The molecule has 6 heterocycles. The molecule has 4 aliphatic rings. The van der Waals surface area contributed by atoms with Gasteiger partial charge >= 0.3 is 5.69 Å². The van der Waals surface area contributed by atoms with Gasteiger partial charge in [-0.3, -0.25) is 24.7 Å². The van der Waals surface area contributed by atoms with Gasteiger partial charge in [0.2, 0.25) is 0 Å². The lowest BCUT2D eigenvalue weighted by Crippen LogP contribution is -2.47. The number of piperazine rings is 1. The van der Waals surface area contributed by atoms with Gasteiger partial charge in [-0.2, -0.15) is 5.10 Å². The number of aromatic amines is 1. The molecule has 2 N–H and O–H groups in total. The van der Waals surface area contributed by atoms with Gasteiger partial charge in [0.05, 0.1) is 32.8 Å². The number of amides is 1. The quantitative estimate of drug-likeness (QED) is 0.0893. The van der Waals surface area contributed by atoms with Crippen LogP contribution in [0, 0.1) is 15.5 Å². The van der Waals surface area contributed by atoms with Crippen LogP contribution in [-0.4, -0.2) is 120 Å². The number of nitrogens with zero attached hydrogens (tertiary/aromatic N) is 7. The van der Waals surface area contributed by atoms with Crippen molar-refractivity contribution in [3.05, 3.63) is 117 Å². The van der Waals surface area contributed by atoms with Crippen LogP contribution in [0.15, 0.2) is 95.7 Å². The Morgan fingerprint density at radius 2 is 1.79 bits per heavy atom. The van der Waals surface area contributed by atoms with Crippen molar-refractivity contribution in [2.45, 2.75) is 69.4 Å². The number of H-pyrrole nitrogens is 1. The second kappa shape index (κ2) is 18.3. The fourth-order valence-electron chi connectivity index (χ4n) is 10.2. The molecule has 1 aliphatic carbocycles. The zero-order chi connectivity index (χ0) is 46.5. The molecule has 1 atom stereocenters. The maximum atomic E-state index is 14.3. The number of pyridine rings is 1. The van der Waals surface area contributed by atoms with Gasteiger partial charge in [-0.25, -0.2) is 22.8 Å². The highest BCUT2D eigenvalue weighted by Gasteiger charge is 2.34. The summed E-state index contributed by atoms with van der Waals surface area (Å²) >= 11 is 6.27. The van der Waals surface area contributed by atoms with E-state index in [1.54, 1.807) is 23.1 Å². The molecule has 0 saturated carbocycles. The average Bonchev–Trinajstić information content (AvgIpc) is 4.09. The van der Waals surface area contributed by atoms with Crippen molar-refractivity contribution in [1.29, 1.82) is 0 Å². The Labute approximate surface area is 394 Å². The van der Waals surface area contributed by atoms with E-state index in [1.807, 2.05) is 36.4 Å². The number of carbonyl (C=O) groups is 1. The SMILES string of the molecule is CC1(C)CCC(CN2CCN(c3ccc(C(=O)NS(=O)(=O)c4ccc(OC5CCN(C6CCOCC6)C5)c([N+](=O)[O-])c4)c(-n4ncc5nc6[nH]ccc6cc54)c3)CC2)=C(c2ccc(Cl)cc2)C1. The summed E-state index contributed by atoms with van der Waals surface area (Å²) in [6.45, 7) is 11.5. The summed E-state index contributed by atoms with van der Waals surface area (Å²) in [6, 6.07) is 21.1. The molecule has 3 aromatic carbocycles. The number of hydrogen-bond acceptors (Lipinski definition) is 12. The molecule has 3 aliphatic heterocycles. The van der Waals surface area contributed by atoms with Crippen molar-refractivity contribution in [3.8, 4) is 11.4 Å². The lowest BCUT2D eigenvalue weighted by atomic mass is 9.72. The summed E-state index contributed by atoms with van der Waals surface area (Å²) in [6.07, 6.45) is 8.83. The maximum absolute atomic E-state index is 14.3. The van der Waals surface area contributed by atoms with Crippen LogP contribution >= 0.6 is 11.6 Å². The van der Waals surface area contributed by atoms with Crippen molar-refractivity contribution in [1.82, 2.24) is 34.3 Å². The van der Waals surface area contributed by atoms with Gasteiger partial charge in [0.1, 0.15) is 17.3 Å². The molecule has 16 nitrogen and oxygen atoms in total. The second-order valence-electron chi connectivity index (χ2n) is 18.9. The van der Waals surface area contributed by atoms with Crippen molar-refractivity contribution >= 4 is 66.5 Å². The third-order valence-electron chi connectivity index (χ3n) is 13.9. The van der Waals surface area contributed by atoms with Crippen LogP contribution in [0.5, 0.6) is 5.75 Å². The fourth-order valence-corrected chi connectivity index (χ4v) is 11.3. The minimum atomic E-state index is -4.61. The summed E-state index contributed by atoms with van der Waals surface area (Å²) in [5, 5.41) is 18.6. The summed E-state index contributed by atoms with van der Waals surface area (Å²) in [7, 11) is -4.61. The molecule has 10 rings (SSSR count). The number of nitro benzene ring substituents is 1. The molecular formula is C49H54ClN9O7S. The third kappa shape index (κ3) is 9.52. The first-order chi connectivity index (χ1) is 32.3. The standard InChI is InChI=1S/C49H54ClN9O7S/c1-49(2)16-11-34(41(28-49)32-3-5-35(50)6-4-32)30-55-19-21-56(22-20-55)37-7-9-40(43(26-37)58-44-25-33-12-17-51-47(33)53-42(44)29-52-58)48(60)54-67(63,64)39-8-10-46(45(27-39)59(61)62)66-38-13-18-57(31-38)36-14-23-65-24-15-36/h3-10,12,17,25-27,29,36,38H,11,13-16,18-24,28,30-31H2,1-2H3,(H,51,53)(H,54,60). The zero-order valence-electron chi connectivity index (χ0n) is 37.6. The predicted molar refractivity (Wildman–Crippen MR) is 258 cm³/mol. The molecule has 0 radical (unpaired) electrons. The van der Waals surface area contributed by atoms with E-state index >= 15 is 0 Å². The lowest BCUT2D eigenvalue weighted by Gasteiger charge is -2.39. The number of fused-ring (bicyclic) bond motifs is 2. The van der Waals surface area contributed by atoms with Gasteiger partial charge in [0, 0.05) is 93.4 Å². The van der Waals surface area contributed by atoms with Crippen LogP contribution in [0.3, 0.4) is 0 Å². The number of likely N-dealkylation sites (tertiary alicyclic amines) is 1. The van der Waals surface area contributed by atoms with E-state index in [2.05, 4.69) is 55.5 Å². The number of nitrogens with one attached hydrogen (secondary N) is 2. The fraction of sp³-hybridized carbons (Fsp3) is 0.408. The number of anilines is 1. The first-order valence-electron chi connectivity index (χ1n) is 23.0. The van der Waals surface area contributed by atoms with Crippen molar-refractivity contribution in [2.75, 3.05) is 63.9 Å². The summed E-state index contributed by atoms with van der Waals surface area (Å²) < 4.78 is 43.3. The Kier molecular flexibility index (Phi) is 12.3. The highest BCUT2D eigenvalue weighted by Crippen LogP contribution is 2.43. The largest absolute Gasteiger partial charge is 0.482 e. The number of rotatable bonds is 12. The van der Waals surface area contributed by atoms with Gasteiger partial charge in [-0.15, -0.1) is 0 Å². The van der Waals surface area contributed by atoms with Gasteiger partial charge in [0.25, 0.3) is 15.9 Å². The van der Waals surface area contributed by atoms with E-state index in [0.717, 1.165) is 93.5 Å². The van der Waals surface area contributed by atoms with Crippen molar-refractivity contribution in [3.63, 3.8) is 0 Å². The topological polar surface area (TPSA) is 181 Å². The Bertz CT molecular complexity index is 2990. The number of benzene rings is 3. The monoisotopic (exact) mass is 947 g/mol. The molecule has 3 saturated heterocycles. The molecular weight excluding hydrogens is 894 g/mol. The summed E-state index contributed by atoms with van der Waals surface area (Å²) in [5.41, 5.74) is 6.95.